The van der Waals surface area contributed by atoms with Gasteiger partial charge in [-0.2, -0.15) is 10.4 Å². The number of H-pyrrole nitrogens is 1. The van der Waals surface area contributed by atoms with Gasteiger partial charge in [-0.15, -0.1) is 0 Å². The molecule has 0 saturated carbocycles. The van der Waals surface area contributed by atoms with Gasteiger partial charge in [-0.05, 0) is 24.5 Å². The summed E-state index contributed by atoms with van der Waals surface area (Å²) >= 11 is 1.34. The molecule has 22 heavy (non-hydrogen) atoms. The zero-order valence-corrected chi connectivity index (χ0v) is 12.8. The van der Waals surface area contributed by atoms with Crippen molar-refractivity contribution in [2.45, 2.75) is 0 Å². The highest BCUT2D eigenvalue weighted by Gasteiger charge is 2.11. The maximum Gasteiger partial charge on any atom is 0.356 e. The first kappa shape index (κ1) is 15.6. The molecule has 0 bridgehead atoms. The zero-order valence-electron chi connectivity index (χ0n) is 12.0. The lowest BCUT2D eigenvalue weighted by Crippen LogP contribution is -2.12. The molecule has 2 N–H and O–H groups in total. The number of rotatable bonds is 3. The van der Waals surface area contributed by atoms with Crippen molar-refractivity contribution in [3.8, 4) is 17.5 Å². The van der Waals surface area contributed by atoms with E-state index in [4.69, 9.17) is 5.26 Å². The number of aliphatic imine (C=N–C) groups is 1. The smallest absolute Gasteiger partial charge is 0.356 e. The third-order valence-corrected chi connectivity index (χ3v) is 3.29. The minimum absolute atomic E-state index is 0.280. The molecule has 0 atom stereocenters. The fraction of sp³-hybridized carbons (Fsp3) is 0.143. The second-order valence-corrected chi connectivity index (χ2v) is 4.86. The molecule has 8 heteroatoms. The lowest BCUT2D eigenvalue weighted by molar-refractivity contribution is 0.0594. The number of benzene rings is 1. The van der Waals surface area contributed by atoms with Crippen LogP contribution in [0.4, 0.5) is 5.69 Å². The Morgan fingerprint density at radius 2 is 2.32 bits per heavy atom. The molecule has 0 aliphatic heterocycles. The first-order chi connectivity index (χ1) is 10.7. The van der Waals surface area contributed by atoms with Crippen molar-refractivity contribution in [3.05, 3.63) is 36.0 Å². The summed E-state index contributed by atoms with van der Waals surface area (Å²) in [5, 5.41) is 18.4. The van der Waals surface area contributed by atoms with Gasteiger partial charge in [-0.3, -0.25) is 10.4 Å². The third-order valence-electron chi connectivity index (χ3n) is 2.71. The van der Waals surface area contributed by atoms with E-state index in [0.717, 1.165) is 5.56 Å². The number of nitrogens with one attached hydrogen (secondary N) is 2. The molecule has 1 aromatic carbocycles. The number of nitrogens with zero attached hydrogens (tertiary/aromatic N) is 3. The molecule has 1 heterocycles. The molecular formula is C14H13N5O2S. The SMILES string of the molecule is COC(=O)c1cc(-c2cccc(N=C(NC#N)SC)c2)n[nH]1. The van der Waals surface area contributed by atoms with E-state index < -0.39 is 5.97 Å². The molecule has 2 aromatic rings. The van der Waals surface area contributed by atoms with Crippen LogP contribution in [0.3, 0.4) is 0 Å². The maximum atomic E-state index is 11.4. The maximum absolute atomic E-state index is 11.4. The van der Waals surface area contributed by atoms with Crippen LogP contribution in [0.5, 0.6) is 0 Å². The summed E-state index contributed by atoms with van der Waals surface area (Å²) in [6.07, 6.45) is 3.66. The molecule has 7 nitrogen and oxygen atoms in total. The van der Waals surface area contributed by atoms with Gasteiger partial charge >= 0.3 is 5.97 Å². The van der Waals surface area contributed by atoms with Crippen molar-refractivity contribution < 1.29 is 9.53 Å². The normalized spacial score (nSPS) is 10.9. The van der Waals surface area contributed by atoms with Crippen LogP contribution >= 0.6 is 11.8 Å². The van der Waals surface area contributed by atoms with Crippen LogP contribution in [-0.4, -0.2) is 34.7 Å². The Hall–Kier alpha value is -2.79. The van der Waals surface area contributed by atoms with Crippen LogP contribution in [-0.2, 0) is 4.74 Å². The minimum atomic E-state index is -0.476. The number of nitriles is 1. The average Bonchev–Trinajstić information content (AvgIpc) is 3.04. The van der Waals surface area contributed by atoms with Crippen molar-refractivity contribution in [1.82, 2.24) is 15.5 Å². The molecule has 112 valence electrons. The molecular weight excluding hydrogens is 302 g/mol. The number of ether oxygens (including phenoxy) is 1. The number of thioether (sulfide) groups is 1. The summed E-state index contributed by atoms with van der Waals surface area (Å²) in [7, 11) is 1.31. The monoisotopic (exact) mass is 315 g/mol. The van der Waals surface area contributed by atoms with Gasteiger partial charge in [0.25, 0.3) is 0 Å². The van der Waals surface area contributed by atoms with Crippen molar-refractivity contribution in [1.29, 1.82) is 5.26 Å². The molecule has 0 unspecified atom stereocenters. The summed E-state index contributed by atoms with van der Waals surface area (Å²) < 4.78 is 4.63. The van der Waals surface area contributed by atoms with E-state index in [2.05, 4.69) is 25.2 Å². The number of hydrogen-bond donors (Lipinski definition) is 2. The van der Waals surface area contributed by atoms with Crippen LogP contribution in [0.15, 0.2) is 35.3 Å². The van der Waals surface area contributed by atoms with Crippen LogP contribution in [0.1, 0.15) is 10.5 Å². The molecule has 0 spiro atoms. The highest BCUT2D eigenvalue weighted by Crippen LogP contribution is 2.24. The summed E-state index contributed by atoms with van der Waals surface area (Å²) in [6, 6.07) is 8.91. The number of carbonyl (C=O) groups is 1. The lowest BCUT2D eigenvalue weighted by atomic mass is 10.1. The Labute approximate surface area is 131 Å². The number of methoxy groups -OCH3 is 1. The molecule has 1 aromatic heterocycles. The molecule has 0 amide bonds. The van der Waals surface area contributed by atoms with Crippen molar-refractivity contribution in [2.24, 2.45) is 4.99 Å². The number of carbonyl (C=O) groups excluding carboxylic acids is 1. The van der Waals surface area contributed by atoms with Crippen molar-refractivity contribution in [3.63, 3.8) is 0 Å². The predicted octanol–water partition coefficient (Wildman–Crippen LogP) is 2.28. The number of esters is 1. The second kappa shape index (κ2) is 7.28. The molecule has 0 fully saturated rings. The van der Waals surface area contributed by atoms with E-state index in [1.54, 1.807) is 6.07 Å². The second-order valence-electron chi connectivity index (χ2n) is 4.07. The highest BCUT2D eigenvalue weighted by molar-refractivity contribution is 8.13. The van der Waals surface area contributed by atoms with Crippen LogP contribution in [0.25, 0.3) is 11.3 Å². The first-order valence-electron chi connectivity index (χ1n) is 6.20. The fourth-order valence-electron chi connectivity index (χ4n) is 1.71. The number of aromatic amines is 1. The molecule has 0 radical (unpaired) electrons. The van der Waals surface area contributed by atoms with Crippen LogP contribution < -0.4 is 5.32 Å². The standard InChI is InChI=1S/C14H13N5O2S/c1-21-13(20)12-7-11(18-19-12)9-4-3-5-10(6-9)17-14(22-2)16-8-15/h3-7H,1-2H3,(H,16,17)(H,18,19). The lowest BCUT2D eigenvalue weighted by Gasteiger charge is -2.01. The minimum Gasteiger partial charge on any atom is -0.464 e. The number of amidine groups is 1. The van der Waals surface area contributed by atoms with Gasteiger partial charge in [0.1, 0.15) is 5.69 Å². The zero-order chi connectivity index (χ0) is 15.9. The van der Waals surface area contributed by atoms with Gasteiger partial charge in [0, 0.05) is 5.56 Å². The fourth-order valence-corrected chi connectivity index (χ4v) is 2.05. The third kappa shape index (κ3) is 3.65. The van der Waals surface area contributed by atoms with Crippen LogP contribution in [0.2, 0.25) is 0 Å². The molecule has 0 saturated heterocycles. The van der Waals surface area contributed by atoms with E-state index in [0.29, 0.717) is 16.5 Å². The van der Waals surface area contributed by atoms with Gasteiger partial charge in [0.15, 0.2) is 11.4 Å². The molecule has 0 aliphatic rings. The van der Waals surface area contributed by atoms with E-state index >= 15 is 0 Å². The topological polar surface area (TPSA) is 103 Å². The summed E-state index contributed by atoms with van der Waals surface area (Å²) in [4.78, 5) is 15.8. The number of aromatic nitrogens is 2. The quantitative estimate of drug-likeness (QED) is 0.296. The Bertz CT molecular complexity index is 748. The van der Waals surface area contributed by atoms with Crippen molar-refractivity contribution in [2.75, 3.05) is 13.4 Å². The van der Waals surface area contributed by atoms with E-state index in [1.807, 2.05) is 36.7 Å². The Balaban J connectivity index is 2.30. The largest absolute Gasteiger partial charge is 0.464 e. The Kier molecular flexibility index (Phi) is 5.16. The number of hydrogen-bond acceptors (Lipinski definition) is 6. The first-order valence-corrected chi connectivity index (χ1v) is 7.42. The highest BCUT2D eigenvalue weighted by atomic mass is 32.2. The Morgan fingerprint density at radius 1 is 1.50 bits per heavy atom. The van der Waals surface area contributed by atoms with Gasteiger partial charge in [-0.1, -0.05) is 23.9 Å². The van der Waals surface area contributed by atoms with E-state index in [-0.39, 0.29) is 5.69 Å². The van der Waals surface area contributed by atoms with Crippen LogP contribution in [0, 0.1) is 11.5 Å². The van der Waals surface area contributed by atoms with E-state index in [9.17, 15) is 4.79 Å². The van der Waals surface area contributed by atoms with E-state index in [1.165, 1.54) is 18.9 Å². The van der Waals surface area contributed by atoms with Gasteiger partial charge in [0.05, 0.1) is 18.5 Å². The Morgan fingerprint density at radius 3 is 3.00 bits per heavy atom. The summed E-state index contributed by atoms with van der Waals surface area (Å²) in [5.74, 6) is -0.476. The predicted molar refractivity (Wildman–Crippen MR) is 84.7 cm³/mol. The molecule has 0 aliphatic carbocycles. The van der Waals surface area contributed by atoms with Gasteiger partial charge in [0.2, 0.25) is 0 Å². The molecule has 2 rings (SSSR count). The van der Waals surface area contributed by atoms with Gasteiger partial charge < -0.3 is 4.74 Å². The summed E-state index contributed by atoms with van der Waals surface area (Å²) in [5.41, 5.74) is 2.36. The average molecular weight is 315 g/mol. The van der Waals surface area contributed by atoms with Gasteiger partial charge in [-0.25, -0.2) is 9.79 Å². The van der Waals surface area contributed by atoms with Crippen molar-refractivity contribution >= 4 is 28.6 Å². The summed E-state index contributed by atoms with van der Waals surface area (Å²) in [6.45, 7) is 0.